The molecule has 0 aliphatic rings. The molecule has 2 heteroatoms. The van der Waals surface area contributed by atoms with Crippen LogP contribution in [0.4, 0.5) is 0 Å². The summed E-state index contributed by atoms with van der Waals surface area (Å²) in [7, 11) is 0. The van der Waals surface area contributed by atoms with Crippen LogP contribution in [0, 0.1) is 0 Å². The van der Waals surface area contributed by atoms with E-state index in [9.17, 15) is 0 Å². The highest BCUT2D eigenvalue weighted by Crippen LogP contribution is 1.65. The van der Waals surface area contributed by atoms with Gasteiger partial charge in [-0.3, -0.25) is 5.32 Å². The summed E-state index contributed by atoms with van der Waals surface area (Å²) >= 11 is 0. The molecular formula is C4H11NO. The molecule has 0 heterocycles. The van der Waals surface area contributed by atoms with Gasteiger partial charge in [0.2, 0.25) is 0 Å². The summed E-state index contributed by atoms with van der Waals surface area (Å²) in [5.74, 6) is 0. The van der Waals surface area contributed by atoms with Crippen LogP contribution in [0.15, 0.2) is 0 Å². The van der Waals surface area contributed by atoms with E-state index < -0.39 is 0 Å². The molecule has 0 fully saturated rings. The van der Waals surface area contributed by atoms with Crippen LogP contribution in [0.3, 0.4) is 0 Å². The standard InChI is InChI=1S/C4H11NO/c1-3-5-4(2)6/h4-6H,3H2,1-2H3/t4-/m1/s1. The third kappa shape index (κ3) is 3.92. The van der Waals surface area contributed by atoms with Crippen LogP contribution in [0.1, 0.15) is 13.8 Å². The second-order valence-corrected chi connectivity index (χ2v) is 1.23. The van der Waals surface area contributed by atoms with Gasteiger partial charge >= 0.3 is 0 Å². The van der Waals surface area contributed by atoms with Crippen LogP contribution in [0.2, 0.25) is 0 Å². The highest BCUT2D eigenvalue weighted by atomic mass is 16.3. The molecule has 2 nitrogen and oxygen atoms in total. The molecule has 0 amide bonds. The van der Waals surface area contributed by atoms with E-state index in [1.54, 1.807) is 6.92 Å². The predicted molar refractivity (Wildman–Crippen MR) is 25.4 cm³/mol. The van der Waals surface area contributed by atoms with Gasteiger partial charge in [-0.25, -0.2) is 0 Å². The molecule has 0 aromatic rings. The summed E-state index contributed by atoms with van der Waals surface area (Å²) in [4.78, 5) is 0. The van der Waals surface area contributed by atoms with Crippen molar-refractivity contribution in [2.45, 2.75) is 20.1 Å². The maximum absolute atomic E-state index is 8.44. The molecule has 0 radical (unpaired) electrons. The molecule has 0 aromatic heterocycles. The molecule has 0 aliphatic carbocycles. The molecule has 2 N–H and O–H groups in total. The van der Waals surface area contributed by atoms with Crippen molar-refractivity contribution in [3.63, 3.8) is 0 Å². The normalized spacial score (nSPS) is 14.5. The molecule has 0 aromatic carbocycles. The van der Waals surface area contributed by atoms with E-state index in [0.717, 1.165) is 6.54 Å². The summed E-state index contributed by atoms with van der Waals surface area (Å²) < 4.78 is 0. The van der Waals surface area contributed by atoms with Gasteiger partial charge in [-0.15, -0.1) is 0 Å². The fourth-order valence-corrected chi connectivity index (χ4v) is 0.295. The molecular weight excluding hydrogens is 78.0 g/mol. The van der Waals surface area contributed by atoms with Crippen molar-refractivity contribution >= 4 is 0 Å². The summed E-state index contributed by atoms with van der Waals surface area (Å²) in [6.45, 7) is 4.48. The van der Waals surface area contributed by atoms with E-state index in [4.69, 9.17) is 5.11 Å². The van der Waals surface area contributed by atoms with Crippen molar-refractivity contribution in [2.75, 3.05) is 6.54 Å². The van der Waals surface area contributed by atoms with E-state index in [1.807, 2.05) is 6.92 Å². The fraction of sp³-hybridized carbons (Fsp3) is 1.00. The molecule has 0 bridgehead atoms. The van der Waals surface area contributed by atoms with Gasteiger partial charge in [0.05, 0.1) is 0 Å². The van der Waals surface area contributed by atoms with Crippen molar-refractivity contribution < 1.29 is 5.11 Å². The summed E-state index contributed by atoms with van der Waals surface area (Å²) in [5, 5.41) is 11.2. The molecule has 6 heavy (non-hydrogen) atoms. The van der Waals surface area contributed by atoms with Crippen molar-refractivity contribution in [3.8, 4) is 0 Å². The van der Waals surface area contributed by atoms with E-state index in [-0.39, 0.29) is 6.23 Å². The Balaban J connectivity index is 2.63. The van der Waals surface area contributed by atoms with Gasteiger partial charge in [0.1, 0.15) is 6.23 Å². The fourth-order valence-electron chi connectivity index (χ4n) is 0.295. The number of rotatable bonds is 2. The minimum Gasteiger partial charge on any atom is -0.379 e. The first-order chi connectivity index (χ1) is 2.77. The van der Waals surface area contributed by atoms with E-state index in [1.165, 1.54) is 0 Å². The first-order valence-electron chi connectivity index (χ1n) is 2.18. The van der Waals surface area contributed by atoms with Gasteiger partial charge in [-0.1, -0.05) is 6.92 Å². The molecule has 38 valence electrons. The van der Waals surface area contributed by atoms with Crippen LogP contribution in [-0.2, 0) is 0 Å². The summed E-state index contributed by atoms with van der Waals surface area (Å²) in [6.07, 6.45) is -0.352. The van der Waals surface area contributed by atoms with Crippen LogP contribution < -0.4 is 5.32 Å². The molecule has 1 atom stereocenters. The monoisotopic (exact) mass is 89.1 g/mol. The smallest absolute Gasteiger partial charge is 0.102 e. The largest absolute Gasteiger partial charge is 0.379 e. The second-order valence-electron chi connectivity index (χ2n) is 1.23. The Bertz CT molecular complexity index is 28.7. The highest BCUT2D eigenvalue weighted by Gasteiger charge is 1.83. The Hall–Kier alpha value is -0.0800. The van der Waals surface area contributed by atoms with Crippen molar-refractivity contribution in [1.82, 2.24) is 5.32 Å². The SMILES string of the molecule is CCN[C@@H](C)O. The highest BCUT2D eigenvalue weighted by molar-refractivity contribution is 4.36. The first kappa shape index (κ1) is 5.92. The Morgan fingerprint density at radius 3 is 2.33 bits per heavy atom. The van der Waals surface area contributed by atoms with E-state index in [0.29, 0.717) is 0 Å². The van der Waals surface area contributed by atoms with Crippen LogP contribution in [0.5, 0.6) is 0 Å². The number of hydrogen-bond acceptors (Lipinski definition) is 2. The summed E-state index contributed by atoms with van der Waals surface area (Å²) in [5.41, 5.74) is 0. The van der Waals surface area contributed by atoms with E-state index >= 15 is 0 Å². The van der Waals surface area contributed by atoms with Gasteiger partial charge in [-0.2, -0.15) is 0 Å². The molecule has 0 aliphatic heterocycles. The van der Waals surface area contributed by atoms with Crippen molar-refractivity contribution in [1.29, 1.82) is 0 Å². The number of aliphatic hydroxyl groups is 1. The van der Waals surface area contributed by atoms with Crippen LogP contribution in [-0.4, -0.2) is 17.9 Å². The minimum atomic E-state index is -0.352. The average molecular weight is 89.1 g/mol. The molecule has 0 saturated carbocycles. The lowest BCUT2D eigenvalue weighted by Gasteiger charge is -2.00. The van der Waals surface area contributed by atoms with Gasteiger partial charge in [0, 0.05) is 0 Å². The third-order valence-corrected chi connectivity index (χ3v) is 0.500. The Morgan fingerprint density at radius 2 is 2.33 bits per heavy atom. The lowest BCUT2D eigenvalue weighted by Crippen LogP contribution is -2.24. The van der Waals surface area contributed by atoms with Crippen molar-refractivity contribution in [3.05, 3.63) is 0 Å². The molecule has 0 unspecified atom stereocenters. The van der Waals surface area contributed by atoms with Crippen LogP contribution in [0.25, 0.3) is 0 Å². The maximum Gasteiger partial charge on any atom is 0.102 e. The van der Waals surface area contributed by atoms with Gasteiger partial charge in [0.15, 0.2) is 0 Å². The molecule has 0 rings (SSSR count). The van der Waals surface area contributed by atoms with Crippen LogP contribution >= 0.6 is 0 Å². The quantitative estimate of drug-likeness (QED) is 0.464. The zero-order valence-electron chi connectivity index (χ0n) is 4.23. The van der Waals surface area contributed by atoms with Gasteiger partial charge in [0.25, 0.3) is 0 Å². The topological polar surface area (TPSA) is 32.3 Å². The second kappa shape index (κ2) is 3.12. The average Bonchev–Trinajstić information content (AvgIpc) is 1.35. The lowest BCUT2D eigenvalue weighted by molar-refractivity contribution is 0.159. The molecule has 0 spiro atoms. The third-order valence-electron chi connectivity index (χ3n) is 0.500. The summed E-state index contributed by atoms with van der Waals surface area (Å²) in [6, 6.07) is 0. The van der Waals surface area contributed by atoms with Crippen molar-refractivity contribution in [2.24, 2.45) is 0 Å². The number of hydrogen-bond donors (Lipinski definition) is 2. The number of aliphatic hydroxyl groups excluding tert-OH is 1. The van der Waals surface area contributed by atoms with Gasteiger partial charge < -0.3 is 5.11 Å². The zero-order chi connectivity index (χ0) is 4.99. The zero-order valence-corrected chi connectivity index (χ0v) is 4.23. The minimum absolute atomic E-state index is 0.352. The Labute approximate surface area is 38.2 Å². The molecule has 0 saturated heterocycles. The number of nitrogens with one attached hydrogen (secondary N) is 1. The Morgan fingerprint density at radius 1 is 1.83 bits per heavy atom. The first-order valence-corrected chi connectivity index (χ1v) is 2.18. The maximum atomic E-state index is 8.44. The Kier molecular flexibility index (Phi) is 3.08. The lowest BCUT2D eigenvalue weighted by atomic mass is 10.6. The predicted octanol–water partition coefficient (Wildman–Crippen LogP) is -0.0658. The van der Waals surface area contributed by atoms with Gasteiger partial charge in [-0.05, 0) is 13.5 Å². The van der Waals surface area contributed by atoms with E-state index in [2.05, 4.69) is 5.32 Å².